The molecular formula is C9H9N2O. The Kier molecular flexibility index (Phi) is 1.59. The van der Waals surface area contributed by atoms with Crippen LogP contribution in [0.1, 0.15) is 5.69 Å². The molecule has 0 spiro atoms. The van der Waals surface area contributed by atoms with E-state index in [2.05, 4.69) is 5.10 Å². The van der Waals surface area contributed by atoms with Crippen molar-refractivity contribution in [1.29, 1.82) is 0 Å². The van der Waals surface area contributed by atoms with E-state index in [1.165, 1.54) is 0 Å². The Bertz CT molecular complexity index is 406. The van der Waals surface area contributed by atoms with Gasteiger partial charge < -0.3 is 0 Å². The van der Waals surface area contributed by atoms with Crippen LogP contribution in [-0.2, 0) is 18.8 Å². The summed E-state index contributed by atoms with van der Waals surface area (Å²) in [6.07, 6.45) is 0. The highest BCUT2D eigenvalue weighted by atomic mass is 16.3. The number of para-hydroxylation sites is 1. The number of hydrogen-bond donors (Lipinski definition) is 0. The van der Waals surface area contributed by atoms with Crippen LogP contribution in [0.25, 0.3) is 10.9 Å². The molecule has 3 heteroatoms. The van der Waals surface area contributed by atoms with E-state index in [-0.39, 0.29) is 6.61 Å². The number of aryl methyl sites for hydroxylation is 1. The second-order valence-corrected chi connectivity index (χ2v) is 2.73. The van der Waals surface area contributed by atoms with Gasteiger partial charge in [0.25, 0.3) is 0 Å². The van der Waals surface area contributed by atoms with Crippen LogP contribution < -0.4 is 0 Å². The number of nitrogens with zero attached hydrogens (tertiary/aromatic N) is 2. The van der Waals surface area contributed by atoms with Gasteiger partial charge in [-0.15, -0.1) is 0 Å². The van der Waals surface area contributed by atoms with E-state index >= 15 is 0 Å². The highest BCUT2D eigenvalue weighted by molar-refractivity contribution is 5.81. The van der Waals surface area contributed by atoms with Gasteiger partial charge in [-0.25, -0.2) is 5.11 Å². The maximum Gasteiger partial charge on any atom is 0.127 e. The van der Waals surface area contributed by atoms with Crippen molar-refractivity contribution in [3.05, 3.63) is 30.0 Å². The first-order chi connectivity index (χ1) is 5.83. The van der Waals surface area contributed by atoms with Gasteiger partial charge in [0.05, 0.1) is 11.2 Å². The van der Waals surface area contributed by atoms with Crippen LogP contribution in [0.5, 0.6) is 0 Å². The van der Waals surface area contributed by atoms with Crippen molar-refractivity contribution in [2.45, 2.75) is 6.61 Å². The number of benzene rings is 1. The molecule has 0 amide bonds. The zero-order chi connectivity index (χ0) is 8.55. The minimum atomic E-state index is -0.249. The van der Waals surface area contributed by atoms with Crippen LogP contribution in [0, 0.1) is 0 Å². The molecule has 0 saturated heterocycles. The van der Waals surface area contributed by atoms with Gasteiger partial charge in [-0.3, -0.25) is 4.68 Å². The second-order valence-electron chi connectivity index (χ2n) is 2.73. The SMILES string of the molecule is Cn1nc(C[O])c2ccccc21. The monoisotopic (exact) mass is 161 g/mol. The van der Waals surface area contributed by atoms with E-state index in [0.717, 1.165) is 10.9 Å². The summed E-state index contributed by atoms with van der Waals surface area (Å²) < 4.78 is 1.74. The van der Waals surface area contributed by atoms with Gasteiger partial charge in [0.1, 0.15) is 6.61 Å². The first kappa shape index (κ1) is 7.31. The van der Waals surface area contributed by atoms with E-state index in [9.17, 15) is 5.11 Å². The predicted octanol–water partition coefficient (Wildman–Crippen LogP) is 1.50. The molecule has 1 radical (unpaired) electrons. The maximum absolute atomic E-state index is 10.7. The molecule has 2 rings (SSSR count). The van der Waals surface area contributed by atoms with Gasteiger partial charge in [0, 0.05) is 12.4 Å². The van der Waals surface area contributed by atoms with Crippen LogP contribution in [0.15, 0.2) is 24.3 Å². The quantitative estimate of drug-likeness (QED) is 0.624. The molecule has 0 saturated carbocycles. The molecule has 0 bridgehead atoms. The molecule has 0 unspecified atom stereocenters. The zero-order valence-corrected chi connectivity index (χ0v) is 6.82. The van der Waals surface area contributed by atoms with Gasteiger partial charge in [0.2, 0.25) is 0 Å². The van der Waals surface area contributed by atoms with E-state index < -0.39 is 0 Å². The normalized spacial score (nSPS) is 10.8. The fraction of sp³-hybridized carbons (Fsp3) is 0.222. The molecule has 0 fully saturated rings. The lowest BCUT2D eigenvalue weighted by molar-refractivity contribution is 0.174. The van der Waals surface area contributed by atoms with Crippen molar-refractivity contribution in [3.8, 4) is 0 Å². The summed E-state index contributed by atoms with van der Waals surface area (Å²) in [5.41, 5.74) is 1.65. The lowest BCUT2D eigenvalue weighted by atomic mass is 10.2. The third kappa shape index (κ3) is 0.905. The average molecular weight is 161 g/mol. The van der Waals surface area contributed by atoms with E-state index in [1.807, 2.05) is 31.3 Å². The Morgan fingerprint density at radius 2 is 2.17 bits per heavy atom. The fourth-order valence-electron chi connectivity index (χ4n) is 1.40. The zero-order valence-electron chi connectivity index (χ0n) is 6.82. The van der Waals surface area contributed by atoms with Crippen molar-refractivity contribution in [2.75, 3.05) is 0 Å². The third-order valence-electron chi connectivity index (χ3n) is 1.97. The number of rotatable bonds is 1. The Labute approximate surface area is 70.2 Å². The first-order valence-electron chi connectivity index (χ1n) is 3.81. The molecule has 1 aromatic heterocycles. The van der Waals surface area contributed by atoms with Crippen molar-refractivity contribution >= 4 is 10.9 Å². The fourth-order valence-corrected chi connectivity index (χ4v) is 1.40. The Morgan fingerprint density at radius 3 is 2.92 bits per heavy atom. The molecule has 0 aliphatic rings. The molecule has 0 atom stereocenters. The maximum atomic E-state index is 10.7. The van der Waals surface area contributed by atoms with Gasteiger partial charge in [-0.2, -0.15) is 5.10 Å². The lowest BCUT2D eigenvalue weighted by Gasteiger charge is -1.90. The summed E-state index contributed by atoms with van der Waals surface area (Å²) in [5.74, 6) is 0. The molecule has 0 N–H and O–H groups in total. The highest BCUT2D eigenvalue weighted by Crippen LogP contribution is 2.16. The predicted molar refractivity (Wildman–Crippen MR) is 45.1 cm³/mol. The molecule has 1 heterocycles. The minimum absolute atomic E-state index is 0.249. The van der Waals surface area contributed by atoms with Gasteiger partial charge in [-0.1, -0.05) is 18.2 Å². The second kappa shape index (κ2) is 2.60. The summed E-state index contributed by atoms with van der Waals surface area (Å²) in [6, 6.07) is 7.75. The molecule has 3 nitrogen and oxygen atoms in total. The molecule has 1 aromatic carbocycles. The van der Waals surface area contributed by atoms with Crippen LogP contribution in [-0.4, -0.2) is 9.78 Å². The molecule has 2 aromatic rings. The van der Waals surface area contributed by atoms with E-state index in [1.54, 1.807) is 4.68 Å². The van der Waals surface area contributed by atoms with E-state index in [4.69, 9.17) is 0 Å². The summed E-state index contributed by atoms with van der Waals surface area (Å²) in [7, 11) is 1.85. The molecular weight excluding hydrogens is 152 g/mol. The third-order valence-corrected chi connectivity index (χ3v) is 1.97. The smallest absolute Gasteiger partial charge is 0.127 e. The van der Waals surface area contributed by atoms with Crippen molar-refractivity contribution < 1.29 is 5.11 Å². The topological polar surface area (TPSA) is 37.7 Å². The molecule has 0 aliphatic carbocycles. The van der Waals surface area contributed by atoms with Crippen LogP contribution in [0.3, 0.4) is 0 Å². The largest absolute Gasteiger partial charge is 0.268 e. The lowest BCUT2D eigenvalue weighted by Crippen LogP contribution is -1.90. The summed E-state index contributed by atoms with van der Waals surface area (Å²) in [6.45, 7) is -0.249. The van der Waals surface area contributed by atoms with Crippen molar-refractivity contribution in [1.82, 2.24) is 9.78 Å². The van der Waals surface area contributed by atoms with E-state index in [0.29, 0.717) is 5.69 Å². The van der Waals surface area contributed by atoms with Crippen LogP contribution in [0.2, 0.25) is 0 Å². The Balaban J connectivity index is 2.82. The summed E-state index contributed by atoms with van der Waals surface area (Å²) in [5, 5.41) is 15.8. The molecule has 0 aliphatic heterocycles. The van der Waals surface area contributed by atoms with Gasteiger partial charge in [0.15, 0.2) is 0 Å². The number of hydrogen-bond acceptors (Lipinski definition) is 1. The average Bonchev–Trinajstić information content (AvgIpc) is 2.44. The highest BCUT2D eigenvalue weighted by Gasteiger charge is 2.05. The Morgan fingerprint density at radius 1 is 1.42 bits per heavy atom. The molecule has 61 valence electrons. The summed E-state index contributed by atoms with van der Waals surface area (Å²) >= 11 is 0. The number of aromatic nitrogens is 2. The van der Waals surface area contributed by atoms with Crippen molar-refractivity contribution in [2.24, 2.45) is 7.05 Å². The number of fused-ring (bicyclic) bond motifs is 1. The standard InChI is InChI=1S/C9H9N2O/c1-11-9-5-3-2-4-7(9)8(6-12)10-11/h2-5H,6H2,1H3. The first-order valence-corrected chi connectivity index (χ1v) is 3.81. The minimum Gasteiger partial charge on any atom is -0.268 e. The van der Waals surface area contributed by atoms with Crippen LogP contribution >= 0.6 is 0 Å². The van der Waals surface area contributed by atoms with Crippen LogP contribution in [0.4, 0.5) is 0 Å². The van der Waals surface area contributed by atoms with Gasteiger partial charge >= 0.3 is 0 Å². The van der Waals surface area contributed by atoms with Crippen molar-refractivity contribution in [3.63, 3.8) is 0 Å². The van der Waals surface area contributed by atoms with Gasteiger partial charge in [-0.05, 0) is 6.07 Å². The molecule has 12 heavy (non-hydrogen) atoms. The summed E-state index contributed by atoms with van der Waals surface area (Å²) in [4.78, 5) is 0. The Hall–Kier alpha value is -1.35.